The van der Waals surface area contributed by atoms with Crippen LogP contribution >= 0.6 is 0 Å². The molecule has 1 nitrogen and oxygen atoms in total. The van der Waals surface area contributed by atoms with Gasteiger partial charge >= 0.3 is 0 Å². The minimum atomic E-state index is -0.702. The molecule has 0 unspecified atom stereocenters. The Hall–Kier alpha value is -1.88. The summed E-state index contributed by atoms with van der Waals surface area (Å²) in [4.78, 5) is 0. The molecule has 31 heavy (non-hydrogen) atoms. The fourth-order valence-electron chi connectivity index (χ4n) is 5.80. The molecule has 0 aliphatic heterocycles. The van der Waals surface area contributed by atoms with Crippen molar-refractivity contribution in [3.8, 4) is 6.07 Å². The van der Waals surface area contributed by atoms with E-state index in [1.165, 1.54) is 100 Å². The summed E-state index contributed by atoms with van der Waals surface area (Å²) in [6.07, 6.45) is 22.5. The molecule has 1 aromatic carbocycles. The van der Waals surface area contributed by atoms with Gasteiger partial charge in [0.05, 0.1) is 0 Å². The second-order valence-corrected chi connectivity index (χ2v) is 9.88. The summed E-state index contributed by atoms with van der Waals surface area (Å²) in [6.45, 7) is 2.22. The number of nitriles is 1. The maximum atomic E-state index is 12.9. The van der Waals surface area contributed by atoms with Gasteiger partial charge in [-0.2, -0.15) is 9.65 Å². The van der Waals surface area contributed by atoms with Crippen LogP contribution in [0.1, 0.15) is 88.7 Å². The molecule has 2 aliphatic carbocycles. The van der Waals surface area contributed by atoms with Gasteiger partial charge in [0.15, 0.2) is 5.83 Å². The Kier molecular flexibility index (Phi) is 9.85. The number of allylic oxidation sites excluding steroid dienone is 4. The lowest BCUT2D eigenvalue weighted by molar-refractivity contribution is 0.151. The van der Waals surface area contributed by atoms with Gasteiger partial charge in [-0.25, -0.2) is 0 Å². The van der Waals surface area contributed by atoms with Crippen LogP contribution in [0.2, 0.25) is 0 Å². The molecule has 0 aromatic heterocycles. The summed E-state index contributed by atoms with van der Waals surface area (Å²) in [5.74, 6) is 2.66. The molecular weight excluding hydrogens is 381 g/mol. The first-order valence-corrected chi connectivity index (χ1v) is 12.7. The van der Waals surface area contributed by atoms with E-state index in [0.29, 0.717) is 5.92 Å². The Balaban J connectivity index is 1.28. The molecule has 0 radical (unpaired) electrons. The van der Waals surface area contributed by atoms with Crippen molar-refractivity contribution in [1.29, 1.82) is 5.26 Å². The third kappa shape index (κ3) is 7.95. The quantitative estimate of drug-likeness (QED) is 0.223. The minimum absolute atomic E-state index is 0.563. The van der Waals surface area contributed by atoms with Crippen molar-refractivity contribution in [1.82, 2.24) is 0 Å². The third-order valence-electron chi connectivity index (χ3n) is 7.87. The lowest BCUT2D eigenvalue weighted by Gasteiger charge is -2.37. The summed E-state index contributed by atoms with van der Waals surface area (Å²) < 4.78 is 12.9. The van der Waals surface area contributed by atoms with E-state index in [-0.39, 0.29) is 0 Å². The SMILES string of the molecule is CCc1ccc(CCCC[C@H]2CC[C@H]([C@H]3CC[C@H](C=CC=C(F)C#N)CC3)CC2)cc1. The number of nitrogens with zero attached hydrogens (tertiary/aromatic N) is 1. The molecule has 0 spiro atoms. The average Bonchev–Trinajstić information content (AvgIpc) is 2.83. The molecule has 0 atom stereocenters. The van der Waals surface area contributed by atoms with Crippen molar-refractivity contribution in [2.75, 3.05) is 0 Å². The number of hydrogen-bond acceptors (Lipinski definition) is 1. The molecule has 2 heteroatoms. The molecule has 2 aliphatic rings. The number of rotatable bonds is 9. The molecular formula is C29H40FN. The lowest BCUT2D eigenvalue weighted by Crippen LogP contribution is -2.25. The van der Waals surface area contributed by atoms with Gasteiger partial charge in [0.1, 0.15) is 6.07 Å². The van der Waals surface area contributed by atoms with E-state index >= 15 is 0 Å². The van der Waals surface area contributed by atoms with Crippen LogP contribution in [0, 0.1) is 35.0 Å². The molecule has 0 saturated heterocycles. The molecule has 1 aromatic rings. The third-order valence-corrected chi connectivity index (χ3v) is 7.87. The van der Waals surface area contributed by atoms with Crippen LogP contribution in [0.15, 0.2) is 48.3 Å². The Labute approximate surface area is 189 Å². The van der Waals surface area contributed by atoms with Crippen LogP contribution < -0.4 is 0 Å². The summed E-state index contributed by atoms with van der Waals surface area (Å²) in [7, 11) is 0. The normalized spacial score (nSPS) is 27.3. The molecule has 0 bridgehead atoms. The van der Waals surface area contributed by atoms with Crippen LogP contribution in [0.25, 0.3) is 0 Å². The van der Waals surface area contributed by atoms with Gasteiger partial charge in [0, 0.05) is 0 Å². The van der Waals surface area contributed by atoms with Crippen molar-refractivity contribution in [2.45, 2.75) is 90.4 Å². The number of benzene rings is 1. The second-order valence-electron chi connectivity index (χ2n) is 9.88. The number of unbranched alkanes of at least 4 members (excludes halogenated alkanes) is 1. The van der Waals surface area contributed by atoms with Crippen molar-refractivity contribution >= 4 is 0 Å². The van der Waals surface area contributed by atoms with Gasteiger partial charge in [-0.15, -0.1) is 0 Å². The first kappa shape index (κ1) is 23.8. The monoisotopic (exact) mass is 421 g/mol. The van der Waals surface area contributed by atoms with Crippen molar-refractivity contribution in [3.63, 3.8) is 0 Å². The predicted molar refractivity (Wildman–Crippen MR) is 128 cm³/mol. The first-order chi connectivity index (χ1) is 15.2. The van der Waals surface area contributed by atoms with E-state index in [2.05, 4.69) is 37.3 Å². The highest BCUT2D eigenvalue weighted by atomic mass is 19.1. The van der Waals surface area contributed by atoms with Crippen LogP contribution in [0.5, 0.6) is 0 Å². The summed E-state index contributed by atoms with van der Waals surface area (Å²) >= 11 is 0. The molecule has 168 valence electrons. The topological polar surface area (TPSA) is 23.8 Å². The van der Waals surface area contributed by atoms with Crippen molar-refractivity contribution < 1.29 is 4.39 Å². The summed E-state index contributed by atoms with van der Waals surface area (Å²) in [6, 6.07) is 10.7. The maximum absolute atomic E-state index is 12.9. The molecule has 0 amide bonds. The Morgan fingerprint density at radius 2 is 1.55 bits per heavy atom. The highest BCUT2D eigenvalue weighted by Crippen LogP contribution is 2.42. The van der Waals surface area contributed by atoms with Gasteiger partial charge in [0.25, 0.3) is 0 Å². The molecule has 0 heterocycles. The molecule has 0 N–H and O–H groups in total. The van der Waals surface area contributed by atoms with Crippen LogP contribution in [-0.2, 0) is 12.8 Å². The van der Waals surface area contributed by atoms with Gasteiger partial charge in [-0.1, -0.05) is 69.0 Å². The highest BCUT2D eigenvalue weighted by Gasteiger charge is 2.30. The molecule has 2 fully saturated rings. The van der Waals surface area contributed by atoms with Crippen molar-refractivity contribution in [3.05, 3.63) is 59.4 Å². The highest BCUT2D eigenvalue weighted by molar-refractivity contribution is 5.22. The van der Waals surface area contributed by atoms with Crippen molar-refractivity contribution in [2.24, 2.45) is 23.7 Å². The Morgan fingerprint density at radius 3 is 2.16 bits per heavy atom. The summed E-state index contributed by atoms with van der Waals surface area (Å²) in [5.41, 5.74) is 2.94. The van der Waals surface area contributed by atoms with Crippen LogP contribution in [0.4, 0.5) is 4.39 Å². The van der Waals surface area contributed by atoms with Crippen LogP contribution in [-0.4, -0.2) is 0 Å². The van der Waals surface area contributed by atoms with E-state index < -0.39 is 5.83 Å². The zero-order valence-corrected chi connectivity index (χ0v) is 19.4. The second kappa shape index (κ2) is 12.8. The zero-order chi connectivity index (χ0) is 21.9. The van der Waals surface area contributed by atoms with Gasteiger partial charge in [-0.3, -0.25) is 0 Å². The molecule has 2 saturated carbocycles. The average molecular weight is 422 g/mol. The van der Waals surface area contributed by atoms with Crippen LogP contribution in [0.3, 0.4) is 0 Å². The Morgan fingerprint density at radius 1 is 0.935 bits per heavy atom. The van der Waals surface area contributed by atoms with Gasteiger partial charge in [-0.05, 0) is 98.7 Å². The fraction of sp³-hybridized carbons (Fsp3) is 0.621. The van der Waals surface area contributed by atoms with E-state index in [1.54, 1.807) is 6.08 Å². The number of halogens is 1. The lowest BCUT2D eigenvalue weighted by atomic mass is 9.68. The zero-order valence-electron chi connectivity index (χ0n) is 19.4. The van der Waals surface area contributed by atoms with E-state index in [4.69, 9.17) is 5.26 Å². The first-order valence-electron chi connectivity index (χ1n) is 12.7. The van der Waals surface area contributed by atoms with Gasteiger partial charge < -0.3 is 0 Å². The maximum Gasteiger partial charge on any atom is 0.199 e. The fourth-order valence-corrected chi connectivity index (χ4v) is 5.80. The van der Waals surface area contributed by atoms with Gasteiger partial charge in [0.2, 0.25) is 0 Å². The minimum Gasteiger partial charge on any atom is -0.195 e. The van der Waals surface area contributed by atoms with E-state index in [9.17, 15) is 4.39 Å². The smallest absolute Gasteiger partial charge is 0.195 e. The van der Waals surface area contributed by atoms with E-state index in [0.717, 1.165) is 24.2 Å². The number of hydrogen-bond donors (Lipinski definition) is 0. The Bertz CT molecular complexity index is 738. The molecule has 3 rings (SSSR count). The van der Waals surface area contributed by atoms with E-state index in [1.807, 2.05) is 0 Å². The largest absolute Gasteiger partial charge is 0.199 e. The predicted octanol–water partition coefficient (Wildman–Crippen LogP) is 8.51. The standard InChI is InChI=1S/C29H40FN/c1-2-23-10-12-24(13-11-23)6-3-4-7-25-14-18-27(19-15-25)28-20-16-26(17-21-28)8-5-9-29(30)22-31/h5,8-13,25-28H,2-4,6-7,14-21H2,1H3/t25-,26-,27-,28-. The summed E-state index contributed by atoms with van der Waals surface area (Å²) in [5, 5.41) is 8.47. The number of aryl methyl sites for hydroxylation is 2.